The first-order chi connectivity index (χ1) is 8.97. The van der Waals surface area contributed by atoms with Crippen molar-refractivity contribution in [1.82, 2.24) is 0 Å². The molecule has 0 aliphatic rings. The molecule has 0 radical (unpaired) electrons. The molecule has 2 aromatic rings. The van der Waals surface area contributed by atoms with Gasteiger partial charge in [0.05, 0.1) is 0 Å². The van der Waals surface area contributed by atoms with Crippen LogP contribution in [0.5, 0.6) is 0 Å². The molecule has 98 valence electrons. The Balaban J connectivity index is 2.32. The summed E-state index contributed by atoms with van der Waals surface area (Å²) in [6.45, 7) is 3.17. The maximum absolute atomic E-state index is 13.6. The van der Waals surface area contributed by atoms with E-state index in [-0.39, 0.29) is 11.4 Å². The fourth-order valence-electron chi connectivity index (χ4n) is 1.71. The molecule has 0 amide bonds. The van der Waals surface area contributed by atoms with Crippen molar-refractivity contribution in [2.24, 2.45) is 0 Å². The fraction of sp³-hybridized carbons (Fsp3) is 0.125. The van der Waals surface area contributed by atoms with Gasteiger partial charge in [0.1, 0.15) is 17.5 Å². The van der Waals surface area contributed by atoms with Gasteiger partial charge >= 0.3 is 0 Å². The van der Waals surface area contributed by atoms with Crippen molar-refractivity contribution in [2.45, 2.75) is 13.8 Å². The maximum atomic E-state index is 13.6. The Bertz CT molecular complexity index is 619. The number of benzene rings is 2. The molecule has 0 heterocycles. The largest absolute Gasteiger partial charge is 0.207 e. The van der Waals surface area contributed by atoms with Crippen LogP contribution in [0.4, 0.5) is 13.2 Å². The zero-order chi connectivity index (χ0) is 14.0. The lowest BCUT2D eigenvalue weighted by Crippen LogP contribution is -1.90. The Morgan fingerprint density at radius 3 is 2.00 bits per heavy atom. The minimum absolute atomic E-state index is 0.0151. The smallest absolute Gasteiger partial charge is 0.130 e. The maximum Gasteiger partial charge on any atom is 0.130 e. The third kappa shape index (κ3) is 3.05. The average Bonchev–Trinajstić information content (AvgIpc) is 2.34. The number of rotatable bonds is 2. The van der Waals surface area contributed by atoms with Gasteiger partial charge in [-0.2, -0.15) is 0 Å². The van der Waals surface area contributed by atoms with Crippen molar-refractivity contribution in [2.75, 3.05) is 0 Å². The van der Waals surface area contributed by atoms with Crippen LogP contribution in [0.3, 0.4) is 0 Å². The van der Waals surface area contributed by atoms with Crippen LogP contribution in [0.25, 0.3) is 12.2 Å². The highest BCUT2D eigenvalue weighted by Gasteiger charge is 2.05. The Labute approximate surface area is 110 Å². The van der Waals surface area contributed by atoms with Gasteiger partial charge in [-0.15, -0.1) is 0 Å². The molecular formula is C16H13F3. The summed E-state index contributed by atoms with van der Waals surface area (Å²) in [5.74, 6) is -1.57. The molecule has 0 aliphatic carbocycles. The summed E-state index contributed by atoms with van der Waals surface area (Å²) in [6, 6.07) is 7.26. The lowest BCUT2D eigenvalue weighted by Gasteiger charge is -2.01. The topological polar surface area (TPSA) is 0 Å². The van der Waals surface area contributed by atoms with Gasteiger partial charge in [0, 0.05) is 11.1 Å². The van der Waals surface area contributed by atoms with Crippen LogP contribution in [0, 0.1) is 31.3 Å². The number of hydrogen-bond donors (Lipinski definition) is 0. The predicted molar refractivity (Wildman–Crippen MR) is 71.2 cm³/mol. The van der Waals surface area contributed by atoms with E-state index in [1.54, 1.807) is 19.1 Å². The highest BCUT2D eigenvalue weighted by Crippen LogP contribution is 2.18. The van der Waals surface area contributed by atoms with Gasteiger partial charge in [0.15, 0.2) is 0 Å². The summed E-state index contributed by atoms with van der Waals surface area (Å²) in [5.41, 5.74) is 1.55. The third-order valence-electron chi connectivity index (χ3n) is 2.91. The van der Waals surface area contributed by atoms with E-state index < -0.39 is 11.6 Å². The molecule has 0 unspecified atom stereocenters. The lowest BCUT2D eigenvalue weighted by atomic mass is 10.1. The first-order valence-corrected chi connectivity index (χ1v) is 5.87. The van der Waals surface area contributed by atoms with Crippen LogP contribution < -0.4 is 0 Å². The van der Waals surface area contributed by atoms with E-state index >= 15 is 0 Å². The van der Waals surface area contributed by atoms with Crippen LogP contribution in [-0.2, 0) is 0 Å². The molecule has 0 bridgehead atoms. The van der Waals surface area contributed by atoms with Gasteiger partial charge in [-0.1, -0.05) is 24.3 Å². The molecule has 0 atom stereocenters. The molecule has 0 N–H and O–H groups in total. The van der Waals surface area contributed by atoms with Crippen molar-refractivity contribution < 1.29 is 13.2 Å². The molecule has 3 heteroatoms. The first kappa shape index (κ1) is 13.4. The minimum atomic E-state index is -0.607. The average molecular weight is 262 g/mol. The van der Waals surface area contributed by atoms with Crippen LogP contribution in [-0.4, -0.2) is 0 Å². The van der Waals surface area contributed by atoms with Crippen LogP contribution in [0.2, 0.25) is 0 Å². The zero-order valence-electron chi connectivity index (χ0n) is 10.7. The minimum Gasteiger partial charge on any atom is -0.207 e. The van der Waals surface area contributed by atoms with Crippen molar-refractivity contribution >= 4 is 12.2 Å². The molecular weight excluding hydrogens is 249 g/mol. The lowest BCUT2D eigenvalue weighted by molar-refractivity contribution is 0.567. The van der Waals surface area contributed by atoms with Gasteiger partial charge in [0.25, 0.3) is 0 Å². The van der Waals surface area contributed by atoms with E-state index in [9.17, 15) is 13.2 Å². The van der Waals surface area contributed by atoms with Crippen molar-refractivity contribution in [3.05, 3.63) is 70.0 Å². The summed E-state index contributed by atoms with van der Waals surface area (Å²) in [4.78, 5) is 0. The molecule has 0 saturated carbocycles. The first-order valence-electron chi connectivity index (χ1n) is 5.87. The van der Waals surface area contributed by atoms with Crippen molar-refractivity contribution in [3.8, 4) is 0 Å². The fourth-order valence-corrected chi connectivity index (χ4v) is 1.71. The van der Waals surface area contributed by atoms with E-state index in [2.05, 4.69) is 0 Å². The van der Waals surface area contributed by atoms with Crippen LogP contribution in [0.1, 0.15) is 22.3 Å². The van der Waals surface area contributed by atoms with Gasteiger partial charge in [0.2, 0.25) is 0 Å². The Kier molecular flexibility index (Phi) is 3.74. The Morgan fingerprint density at radius 2 is 1.42 bits per heavy atom. The van der Waals surface area contributed by atoms with Gasteiger partial charge in [-0.05, 0) is 43.2 Å². The quantitative estimate of drug-likeness (QED) is 0.676. The molecule has 0 fully saturated rings. The molecule has 0 saturated heterocycles. The van der Waals surface area contributed by atoms with E-state index in [1.165, 1.54) is 37.3 Å². The van der Waals surface area contributed by atoms with Gasteiger partial charge in [-0.3, -0.25) is 0 Å². The third-order valence-corrected chi connectivity index (χ3v) is 2.91. The standard InChI is InChI=1S/C16H13F3/c1-10-3-5-13(16(19)7-10)6-4-12-8-14(17)11(2)15(18)9-12/h3-9H,1-2H3. The molecule has 2 rings (SSSR count). The van der Waals surface area contributed by atoms with E-state index in [4.69, 9.17) is 0 Å². The molecule has 0 aliphatic heterocycles. The summed E-state index contributed by atoms with van der Waals surface area (Å²) in [6.07, 6.45) is 2.98. The van der Waals surface area contributed by atoms with Gasteiger partial charge < -0.3 is 0 Å². The van der Waals surface area contributed by atoms with Gasteiger partial charge in [-0.25, -0.2) is 13.2 Å². The van der Waals surface area contributed by atoms with E-state index in [0.29, 0.717) is 11.1 Å². The summed E-state index contributed by atoms with van der Waals surface area (Å²) < 4.78 is 40.3. The normalized spacial score (nSPS) is 11.2. The zero-order valence-corrected chi connectivity index (χ0v) is 10.7. The number of hydrogen-bond acceptors (Lipinski definition) is 0. The predicted octanol–water partition coefficient (Wildman–Crippen LogP) is 4.89. The summed E-state index contributed by atoms with van der Waals surface area (Å²) in [5, 5.41) is 0. The van der Waals surface area contributed by atoms with Crippen molar-refractivity contribution in [1.29, 1.82) is 0 Å². The number of aryl methyl sites for hydroxylation is 1. The Morgan fingerprint density at radius 1 is 0.789 bits per heavy atom. The van der Waals surface area contributed by atoms with E-state index in [1.807, 2.05) is 0 Å². The molecule has 0 spiro atoms. The van der Waals surface area contributed by atoms with Crippen molar-refractivity contribution in [3.63, 3.8) is 0 Å². The summed E-state index contributed by atoms with van der Waals surface area (Å²) >= 11 is 0. The highest BCUT2D eigenvalue weighted by atomic mass is 19.1. The molecule has 0 nitrogen and oxygen atoms in total. The monoisotopic (exact) mass is 262 g/mol. The van der Waals surface area contributed by atoms with Crippen LogP contribution >= 0.6 is 0 Å². The number of halogens is 3. The second kappa shape index (κ2) is 5.31. The molecule has 0 aromatic heterocycles. The molecule has 2 aromatic carbocycles. The Hall–Kier alpha value is -2.03. The highest BCUT2D eigenvalue weighted by molar-refractivity contribution is 5.70. The van der Waals surface area contributed by atoms with E-state index in [0.717, 1.165) is 5.56 Å². The van der Waals surface area contributed by atoms with Crippen LogP contribution in [0.15, 0.2) is 30.3 Å². The summed E-state index contributed by atoms with van der Waals surface area (Å²) in [7, 11) is 0. The SMILES string of the molecule is Cc1ccc(C=Cc2cc(F)c(C)c(F)c2)c(F)c1. The molecule has 19 heavy (non-hydrogen) atoms. The second-order valence-electron chi connectivity index (χ2n) is 4.47. The second-order valence-corrected chi connectivity index (χ2v) is 4.47.